The molecule has 10 heteroatoms. The summed E-state index contributed by atoms with van der Waals surface area (Å²) in [5.41, 5.74) is 2.52. The van der Waals surface area contributed by atoms with Gasteiger partial charge in [-0.2, -0.15) is 0 Å². The van der Waals surface area contributed by atoms with Crippen LogP contribution in [0, 0.1) is 11.6 Å². The Labute approximate surface area is 216 Å². The number of anilines is 2. The van der Waals surface area contributed by atoms with Crippen molar-refractivity contribution in [1.29, 1.82) is 0 Å². The fourth-order valence-corrected chi connectivity index (χ4v) is 5.21. The molecule has 5 nitrogen and oxygen atoms in total. The highest BCUT2D eigenvalue weighted by atomic mass is 19.4. The SMILES string of the molecule is CCc1ccc2c(c1)NC1(CCN(Cc3ccc(F)c(F)c3)CC1)N(c1ccc(OC(F)(F)F)cc1)C2=O. The number of benzene rings is 3. The van der Waals surface area contributed by atoms with E-state index in [9.17, 15) is 26.7 Å². The van der Waals surface area contributed by atoms with Crippen molar-refractivity contribution < 1.29 is 31.5 Å². The van der Waals surface area contributed by atoms with Crippen LogP contribution in [0.1, 0.15) is 41.3 Å². The summed E-state index contributed by atoms with van der Waals surface area (Å²) >= 11 is 0. The van der Waals surface area contributed by atoms with Gasteiger partial charge < -0.3 is 10.1 Å². The van der Waals surface area contributed by atoms with E-state index in [0.717, 1.165) is 23.7 Å². The fraction of sp³-hybridized carbons (Fsp3) is 0.321. The molecule has 3 aromatic carbocycles. The van der Waals surface area contributed by atoms with E-state index in [2.05, 4.69) is 15.0 Å². The van der Waals surface area contributed by atoms with Crippen LogP contribution in [0.4, 0.5) is 33.3 Å². The number of carbonyl (C=O) groups excluding carboxylic acids is 1. The standard InChI is InChI=1S/C28H26F5N3O2/c1-2-18-3-9-22-25(16-18)34-27(11-13-35(14-12-27)17-19-4-10-23(29)24(30)15-19)36(26(22)37)20-5-7-21(8-6-20)38-28(31,32)33/h3-10,15-16,34H,2,11-14,17H2,1H3. The number of hydrogen-bond acceptors (Lipinski definition) is 4. The second-order valence-corrected chi connectivity index (χ2v) is 9.60. The van der Waals surface area contributed by atoms with Gasteiger partial charge in [0.15, 0.2) is 11.6 Å². The Hall–Kier alpha value is -3.66. The summed E-state index contributed by atoms with van der Waals surface area (Å²) in [6, 6.07) is 14.7. The minimum atomic E-state index is -4.82. The molecule has 0 saturated carbocycles. The summed E-state index contributed by atoms with van der Waals surface area (Å²) in [5, 5.41) is 3.58. The lowest BCUT2D eigenvalue weighted by Gasteiger charge is -2.52. The molecule has 0 bridgehead atoms. The zero-order valence-corrected chi connectivity index (χ0v) is 20.6. The number of nitrogens with zero attached hydrogens (tertiary/aromatic N) is 2. The third-order valence-corrected chi connectivity index (χ3v) is 7.12. The maximum Gasteiger partial charge on any atom is 0.573 e. The lowest BCUT2D eigenvalue weighted by Crippen LogP contribution is -2.64. The van der Waals surface area contributed by atoms with E-state index in [4.69, 9.17) is 0 Å². The second kappa shape index (κ2) is 9.90. The van der Waals surface area contributed by atoms with Gasteiger partial charge in [0, 0.05) is 43.9 Å². The Kier molecular flexibility index (Phi) is 6.77. The second-order valence-electron chi connectivity index (χ2n) is 9.60. The van der Waals surface area contributed by atoms with E-state index in [0.29, 0.717) is 49.3 Å². The quantitative estimate of drug-likeness (QED) is 0.383. The minimum absolute atomic E-state index is 0.250. The van der Waals surface area contributed by atoms with E-state index in [-0.39, 0.29) is 11.7 Å². The largest absolute Gasteiger partial charge is 0.573 e. The minimum Gasteiger partial charge on any atom is -0.406 e. The maximum absolute atomic E-state index is 13.8. The highest BCUT2D eigenvalue weighted by Gasteiger charge is 2.47. The van der Waals surface area contributed by atoms with Crippen LogP contribution in [0.3, 0.4) is 0 Å². The Balaban J connectivity index is 1.44. The zero-order chi connectivity index (χ0) is 27.1. The molecule has 1 saturated heterocycles. The number of fused-ring (bicyclic) bond motifs is 1. The molecule has 0 aliphatic carbocycles. The van der Waals surface area contributed by atoms with Crippen LogP contribution in [-0.4, -0.2) is 35.9 Å². The third kappa shape index (κ3) is 5.18. The van der Waals surface area contributed by atoms with E-state index < -0.39 is 23.7 Å². The maximum atomic E-state index is 13.8. The Bertz CT molecular complexity index is 1340. The van der Waals surface area contributed by atoms with Crippen LogP contribution in [0.2, 0.25) is 0 Å². The molecule has 0 aromatic heterocycles. The van der Waals surface area contributed by atoms with Gasteiger partial charge in [0.05, 0.1) is 5.56 Å². The molecule has 2 heterocycles. The number of hydrogen-bond donors (Lipinski definition) is 1. The lowest BCUT2D eigenvalue weighted by atomic mass is 9.88. The monoisotopic (exact) mass is 531 g/mol. The van der Waals surface area contributed by atoms with E-state index in [1.807, 2.05) is 19.1 Å². The lowest BCUT2D eigenvalue weighted by molar-refractivity contribution is -0.274. The van der Waals surface area contributed by atoms with Crippen LogP contribution in [0.25, 0.3) is 0 Å². The first-order valence-electron chi connectivity index (χ1n) is 12.3. The topological polar surface area (TPSA) is 44.8 Å². The third-order valence-electron chi connectivity index (χ3n) is 7.12. The number of rotatable bonds is 5. The van der Waals surface area contributed by atoms with Crippen LogP contribution < -0.4 is 15.0 Å². The molecule has 200 valence electrons. The number of aryl methyl sites for hydroxylation is 1. The first-order valence-corrected chi connectivity index (χ1v) is 12.3. The molecule has 38 heavy (non-hydrogen) atoms. The van der Waals surface area contributed by atoms with Crippen LogP contribution >= 0.6 is 0 Å². The number of halogens is 5. The molecule has 2 aliphatic rings. The van der Waals surface area contributed by atoms with Crippen molar-refractivity contribution in [3.63, 3.8) is 0 Å². The van der Waals surface area contributed by atoms with Crippen molar-refractivity contribution in [2.75, 3.05) is 23.3 Å². The van der Waals surface area contributed by atoms with Gasteiger partial charge in [0.25, 0.3) is 5.91 Å². The summed E-state index contributed by atoms with van der Waals surface area (Å²) in [5.74, 6) is -2.42. The van der Waals surface area contributed by atoms with Crippen molar-refractivity contribution in [2.45, 2.75) is 44.8 Å². The van der Waals surface area contributed by atoms with E-state index in [1.165, 1.54) is 30.3 Å². The number of piperidine rings is 1. The molecule has 2 aliphatic heterocycles. The predicted octanol–water partition coefficient (Wildman–Crippen LogP) is 6.49. The normalized spacial score (nSPS) is 17.3. The van der Waals surface area contributed by atoms with Gasteiger partial charge in [-0.25, -0.2) is 8.78 Å². The smallest absolute Gasteiger partial charge is 0.406 e. The number of carbonyl (C=O) groups is 1. The summed E-state index contributed by atoms with van der Waals surface area (Å²) in [6.45, 7) is 3.54. The number of nitrogens with one attached hydrogen (secondary N) is 1. The Morgan fingerprint density at radius 2 is 1.61 bits per heavy atom. The molecule has 1 fully saturated rings. The first kappa shape index (κ1) is 26.0. The van der Waals surface area contributed by atoms with Crippen LogP contribution in [0.15, 0.2) is 60.7 Å². The Morgan fingerprint density at radius 1 is 0.921 bits per heavy atom. The van der Waals surface area contributed by atoms with Gasteiger partial charge in [0.2, 0.25) is 0 Å². The molecule has 1 amide bonds. The van der Waals surface area contributed by atoms with Gasteiger partial charge in [-0.3, -0.25) is 14.6 Å². The highest BCUT2D eigenvalue weighted by Crippen LogP contribution is 2.42. The van der Waals surface area contributed by atoms with Gasteiger partial charge in [-0.1, -0.05) is 19.1 Å². The number of likely N-dealkylation sites (tertiary alicyclic amines) is 1. The molecule has 1 spiro atoms. The van der Waals surface area contributed by atoms with Gasteiger partial charge in [0.1, 0.15) is 11.4 Å². The summed E-state index contributed by atoms with van der Waals surface area (Å²) in [7, 11) is 0. The van der Waals surface area contributed by atoms with Crippen LogP contribution in [-0.2, 0) is 13.0 Å². The van der Waals surface area contributed by atoms with E-state index in [1.54, 1.807) is 17.0 Å². The number of alkyl halides is 3. The van der Waals surface area contributed by atoms with Crippen molar-refractivity contribution in [2.24, 2.45) is 0 Å². The fourth-order valence-electron chi connectivity index (χ4n) is 5.21. The van der Waals surface area contributed by atoms with Crippen molar-refractivity contribution in [3.8, 4) is 5.75 Å². The summed E-state index contributed by atoms with van der Waals surface area (Å²) < 4.78 is 69.0. The molecule has 5 rings (SSSR count). The molecular weight excluding hydrogens is 505 g/mol. The molecule has 1 N–H and O–H groups in total. The average molecular weight is 532 g/mol. The van der Waals surface area contributed by atoms with Gasteiger partial charge in [-0.15, -0.1) is 13.2 Å². The molecule has 0 radical (unpaired) electrons. The van der Waals surface area contributed by atoms with Crippen molar-refractivity contribution >= 4 is 17.3 Å². The van der Waals surface area contributed by atoms with Crippen molar-refractivity contribution in [3.05, 3.63) is 89.0 Å². The highest BCUT2D eigenvalue weighted by molar-refractivity contribution is 6.13. The number of amides is 1. The summed E-state index contributed by atoms with van der Waals surface area (Å²) in [6.07, 6.45) is -3.03. The first-order chi connectivity index (χ1) is 18.1. The Morgan fingerprint density at radius 3 is 2.24 bits per heavy atom. The van der Waals surface area contributed by atoms with Crippen molar-refractivity contribution in [1.82, 2.24) is 4.90 Å². The molecule has 0 unspecified atom stereocenters. The van der Waals surface area contributed by atoms with Gasteiger partial charge in [-0.05, 0) is 66.1 Å². The predicted molar refractivity (Wildman–Crippen MR) is 133 cm³/mol. The summed E-state index contributed by atoms with van der Waals surface area (Å²) in [4.78, 5) is 17.5. The zero-order valence-electron chi connectivity index (χ0n) is 20.6. The molecule has 0 atom stereocenters. The molecular formula is C28H26F5N3O2. The molecule has 3 aromatic rings. The number of ether oxygens (including phenoxy) is 1. The average Bonchev–Trinajstić information content (AvgIpc) is 2.87. The van der Waals surface area contributed by atoms with Gasteiger partial charge >= 0.3 is 6.36 Å². The van der Waals surface area contributed by atoms with E-state index >= 15 is 0 Å². The van der Waals surface area contributed by atoms with Crippen LogP contribution in [0.5, 0.6) is 5.75 Å².